The van der Waals surface area contributed by atoms with Gasteiger partial charge in [0.05, 0.1) is 4.90 Å². The minimum absolute atomic E-state index is 0.203. The number of carbonyl (C=O) groups is 1. The molecule has 0 unspecified atom stereocenters. The Morgan fingerprint density at radius 2 is 1.68 bits per heavy atom. The Labute approximate surface area is 171 Å². The molecule has 1 aliphatic rings. The van der Waals surface area contributed by atoms with Crippen LogP contribution in [0.2, 0.25) is 5.02 Å². The first-order chi connectivity index (χ1) is 13.4. The van der Waals surface area contributed by atoms with Gasteiger partial charge in [-0.3, -0.25) is 4.79 Å². The monoisotopic (exact) mass is 418 g/mol. The van der Waals surface area contributed by atoms with Gasteiger partial charge in [0.25, 0.3) is 0 Å². The topological polar surface area (TPSA) is 66.5 Å². The van der Waals surface area contributed by atoms with Crippen LogP contribution in [0.5, 0.6) is 0 Å². The van der Waals surface area contributed by atoms with E-state index < -0.39 is 10.0 Å². The SMILES string of the molecule is O=C(/C=C/c1ccc(Cl)cc1)Nc1cccc(S(=O)(=O)N2CCCCCC2)c1. The maximum atomic E-state index is 12.9. The lowest BCUT2D eigenvalue weighted by atomic mass is 10.2. The summed E-state index contributed by atoms with van der Waals surface area (Å²) in [5.41, 5.74) is 1.29. The minimum atomic E-state index is -3.55. The van der Waals surface area contributed by atoms with Crippen molar-refractivity contribution < 1.29 is 13.2 Å². The summed E-state index contributed by atoms with van der Waals surface area (Å²) in [6.45, 7) is 1.09. The number of nitrogens with zero attached hydrogens (tertiary/aromatic N) is 1. The molecule has 1 aliphatic heterocycles. The van der Waals surface area contributed by atoms with Gasteiger partial charge in [-0.25, -0.2) is 8.42 Å². The molecule has 7 heteroatoms. The van der Waals surface area contributed by atoms with E-state index in [9.17, 15) is 13.2 Å². The van der Waals surface area contributed by atoms with E-state index in [1.165, 1.54) is 12.1 Å². The Kier molecular flexibility index (Phi) is 6.88. The minimum Gasteiger partial charge on any atom is -0.322 e. The van der Waals surface area contributed by atoms with Crippen molar-refractivity contribution in [3.8, 4) is 0 Å². The highest BCUT2D eigenvalue weighted by Crippen LogP contribution is 2.22. The van der Waals surface area contributed by atoms with Gasteiger partial charge in [0.15, 0.2) is 0 Å². The Bertz CT molecular complexity index is 948. The summed E-state index contributed by atoms with van der Waals surface area (Å²) in [6.07, 6.45) is 6.95. The Balaban J connectivity index is 1.70. The van der Waals surface area contributed by atoms with Crippen molar-refractivity contribution in [1.82, 2.24) is 4.31 Å². The fourth-order valence-electron chi connectivity index (χ4n) is 3.10. The van der Waals surface area contributed by atoms with Gasteiger partial charge in [-0.15, -0.1) is 0 Å². The van der Waals surface area contributed by atoms with Gasteiger partial charge < -0.3 is 5.32 Å². The Morgan fingerprint density at radius 3 is 2.36 bits per heavy atom. The zero-order valence-electron chi connectivity index (χ0n) is 15.5. The lowest BCUT2D eigenvalue weighted by Gasteiger charge is -2.20. The summed E-state index contributed by atoms with van der Waals surface area (Å²) in [4.78, 5) is 12.4. The van der Waals surface area contributed by atoms with E-state index in [-0.39, 0.29) is 10.8 Å². The van der Waals surface area contributed by atoms with Crippen molar-refractivity contribution in [2.45, 2.75) is 30.6 Å². The number of benzene rings is 2. The fraction of sp³-hybridized carbons (Fsp3) is 0.286. The third kappa shape index (κ3) is 5.44. The number of sulfonamides is 1. The van der Waals surface area contributed by atoms with E-state index in [1.54, 1.807) is 52.8 Å². The highest BCUT2D eigenvalue weighted by Gasteiger charge is 2.25. The lowest BCUT2D eigenvalue weighted by Crippen LogP contribution is -2.32. The van der Waals surface area contributed by atoms with Gasteiger partial charge in [0, 0.05) is 29.9 Å². The van der Waals surface area contributed by atoms with Crippen LogP contribution in [0, 0.1) is 0 Å². The van der Waals surface area contributed by atoms with Crippen LogP contribution in [0.15, 0.2) is 59.5 Å². The molecule has 2 aromatic carbocycles. The van der Waals surface area contributed by atoms with E-state index in [2.05, 4.69) is 5.32 Å². The Morgan fingerprint density at radius 1 is 1.00 bits per heavy atom. The van der Waals surface area contributed by atoms with Crippen molar-refractivity contribution in [3.63, 3.8) is 0 Å². The summed E-state index contributed by atoms with van der Waals surface area (Å²) in [6, 6.07) is 13.5. The first kappa shape index (κ1) is 20.6. The van der Waals surface area contributed by atoms with E-state index in [1.807, 2.05) is 0 Å². The predicted octanol–water partition coefficient (Wildman–Crippen LogP) is 4.56. The van der Waals surface area contributed by atoms with Gasteiger partial charge in [0.2, 0.25) is 15.9 Å². The standard InChI is InChI=1S/C21H23ClN2O3S/c22-18-11-8-17(9-12-18)10-13-21(25)23-19-6-5-7-20(16-19)28(26,27)24-14-3-1-2-4-15-24/h5-13,16H,1-4,14-15H2,(H,23,25)/b13-10+. The van der Waals surface area contributed by atoms with Crippen LogP contribution in [-0.2, 0) is 14.8 Å². The van der Waals surface area contributed by atoms with Crippen LogP contribution in [0.25, 0.3) is 6.08 Å². The van der Waals surface area contributed by atoms with E-state index in [0.29, 0.717) is 23.8 Å². The van der Waals surface area contributed by atoms with Gasteiger partial charge >= 0.3 is 0 Å². The number of anilines is 1. The van der Waals surface area contributed by atoms with Crippen molar-refractivity contribution in [1.29, 1.82) is 0 Å². The maximum Gasteiger partial charge on any atom is 0.248 e. The number of carbonyl (C=O) groups excluding carboxylic acids is 1. The van der Waals surface area contributed by atoms with Crippen LogP contribution in [0.1, 0.15) is 31.2 Å². The zero-order valence-corrected chi connectivity index (χ0v) is 17.0. The molecule has 3 rings (SSSR count). The highest BCUT2D eigenvalue weighted by atomic mass is 35.5. The summed E-state index contributed by atoms with van der Waals surface area (Å²) in [7, 11) is -3.55. The van der Waals surface area contributed by atoms with Gasteiger partial charge in [-0.2, -0.15) is 4.31 Å². The second kappa shape index (κ2) is 9.37. The second-order valence-corrected chi connectivity index (χ2v) is 9.09. The van der Waals surface area contributed by atoms with Crippen LogP contribution in [0.3, 0.4) is 0 Å². The van der Waals surface area contributed by atoms with E-state index in [0.717, 1.165) is 31.2 Å². The van der Waals surface area contributed by atoms with E-state index in [4.69, 9.17) is 11.6 Å². The normalized spacial score (nSPS) is 16.0. The largest absolute Gasteiger partial charge is 0.322 e. The number of nitrogens with one attached hydrogen (secondary N) is 1. The third-order valence-electron chi connectivity index (χ3n) is 4.60. The molecule has 2 aromatic rings. The number of halogens is 1. The van der Waals surface area contributed by atoms with Gasteiger partial charge in [-0.05, 0) is 54.8 Å². The van der Waals surface area contributed by atoms with Crippen LogP contribution in [-0.4, -0.2) is 31.7 Å². The predicted molar refractivity (Wildman–Crippen MR) is 113 cm³/mol. The molecule has 0 bridgehead atoms. The van der Waals surface area contributed by atoms with Crippen molar-refractivity contribution in [3.05, 3.63) is 65.2 Å². The molecular weight excluding hydrogens is 396 g/mol. The molecule has 28 heavy (non-hydrogen) atoms. The summed E-state index contributed by atoms with van der Waals surface area (Å²) in [5, 5.41) is 3.35. The fourth-order valence-corrected chi connectivity index (χ4v) is 4.78. The molecule has 0 aromatic heterocycles. The molecule has 1 saturated heterocycles. The summed E-state index contributed by atoms with van der Waals surface area (Å²) < 4.78 is 27.4. The number of hydrogen-bond acceptors (Lipinski definition) is 3. The number of amides is 1. The number of rotatable bonds is 5. The quantitative estimate of drug-likeness (QED) is 0.724. The molecular formula is C21H23ClN2O3S. The molecule has 1 N–H and O–H groups in total. The lowest BCUT2D eigenvalue weighted by molar-refractivity contribution is -0.111. The molecule has 0 atom stereocenters. The first-order valence-corrected chi connectivity index (χ1v) is 11.1. The van der Waals surface area contributed by atoms with Crippen LogP contribution in [0.4, 0.5) is 5.69 Å². The molecule has 1 fully saturated rings. The third-order valence-corrected chi connectivity index (χ3v) is 6.75. The second-order valence-electron chi connectivity index (χ2n) is 6.72. The first-order valence-electron chi connectivity index (χ1n) is 9.30. The van der Waals surface area contributed by atoms with Crippen LogP contribution < -0.4 is 5.32 Å². The molecule has 5 nitrogen and oxygen atoms in total. The average Bonchev–Trinajstić information content (AvgIpc) is 2.98. The van der Waals surface area contributed by atoms with Crippen molar-refractivity contribution >= 4 is 39.3 Å². The van der Waals surface area contributed by atoms with Crippen LogP contribution >= 0.6 is 11.6 Å². The Hall–Kier alpha value is -2.15. The van der Waals surface area contributed by atoms with Crippen molar-refractivity contribution in [2.24, 2.45) is 0 Å². The maximum absolute atomic E-state index is 12.9. The van der Waals surface area contributed by atoms with E-state index >= 15 is 0 Å². The van der Waals surface area contributed by atoms with Gasteiger partial charge in [-0.1, -0.05) is 42.6 Å². The smallest absolute Gasteiger partial charge is 0.248 e. The molecule has 1 amide bonds. The summed E-state index contributed by atoms with van der Waals surface area (Å²) >= 11 is 5.84. The molecule has 148 valence electrons. The van der Waals surface area contributed by atoms with Crippen molar-refractivity contribution in [2.75, 3.05) is 18.4 Å². The highest BCUT2D eigenvalue weighted by molar-refractivity contribution is 7.89. The molecule has 0 spiro atoms. The number of hydrogen-bond donors (Lipinski definition) is 1. The molecule has 0 aliphatic carbocycles. The molecule has 0 radical (unpaired) electrons. The average molecular weight is 419 g/mol. The van der Waals surface area contributed by atoms with Gasteiger partial charge in [0.1, 0.15) is 0 Å². The molecule has 1 heterocycles. The summed E-state index contributed by atoms with van der Waals surface area (Å²) in [5.74, 6) is -0.334. The zero-order chi connectivity index (χ0) is 20.0. The molecule has 0 saturated carbocycles.